The highest BCUT2D eigenvalue weighted by Crippen LogP contribution is 2.34. The topological polar surface area (TPSA) is 62.0 Å². The fraction of sp³-hybridized carbons (Fsp3) is 0.0588. The molecule has 28 heavy (non-hydrogen) atoms. The van der Waals surface area contributed by atoms with Crippen LogP contribution in [0.1, 0.15) is 5.56 Å². The van der Waals surface area contributed by atoms with Crippen LogP contribution in [-0.4, -0.2) is 13.4 Å². The zero-order valence-corrected chi connectivity index (χ0v) is 15.2. The van der Waals surface area contributed by atoms with Crippen LogP contribution in [-0.2, 0) is 16.2 Å². The Morgan fingerprint density at radius 1 is 1.00 bits per heavy atom. The summed E-state index contributed by atoms with van der Waals surface area (Å²) >= 11 is 6.03. The molecule has 3 rings (SSSR count). The van der Waals surface area contributed by atoms with Gasteiger partial charge in [-0.2, -0.15) is 13.2 Å². The van der Waals surface area contributed by atoms with Crippen LogP contribution in [0.3, 0.4) is 0 Å². The van der Waals surface area contributed by atoms with E-state index in [1.54, 1.807) is 29.0 Å². The van der Waals surface area contributed by atoms with Crippen molar-refractivity contribution in [2.24, 2.45) is 0 Å². The van der Waals surface area contributed by atoms with Gasteiger partial charge in [0.25, 0.3) is 10.0 Å². The lowest BCUT2D eigenvalue weighted by Crippen LogP contribution is -2.15. The van der Waals surface area contributed by atoms with E-state index in [0.29, 0.717) is 16.3 Å². The Morgan fingerprint density at radius 3 is 2.32 bits per heavy atom. The minimum absolute atomic E-state index is 0.112. The monoisotopic (exact) mass is 436 g/mol. The fourth-order valence-corrected chi connectivity index (χ4v) is 3.70. The summed E-state index contributed by atoms with van der Waals surface area (Å²) < 4.78 is 91.9. The van der Waals surface area contributed by atoms with Crippen molar-refractivity contribution in [3.8, 4) is 11.3 Å². The van der Waals surface area contributed by atoms with Crippen molar-refractivity contribution in [2.75, 3.05) is 4.72 Å². The number of hydrogen-bond acceptors (Lipinski definition) is 2. The molecule has 0 spiro atoms. The van der Waals surface area contributed by atoms with Crippen LogP contribution in [0.2, 0.25) is 5.02 Å². The lowest BCUT2D eigenvalue weighted by atomic mass is 10.1. The third-order valence-electron chi connectivity index (χ3n) is 3.74. The molecular formula is C17H10ClF5N2O2S. The van der Waals surface area contributed by atoms with Crippen molar-refractivity contribution >= 4 is 27.3 Å². The molecule has 2 aromatic carbocycles. The molecule has 0 bridgehead atoms. The molecular weight excluding hydrogens is 427 g/mol. The van der Waals surface area contributed by atoms with Crippen molar-refractivity contribution in [1.82, 2.24) is 4.98 Å². The first-order valence-electron chi connectivity index (χ1n) is 7.51. The van der Waals surface area contributed by atoms with Gasteiger partial charge in [-0.25, -0.2) is 17.2 Å². The average Bonchev–Trinajstić information content (AvgIpc) is 3.08. The normalized spacial score (nSPS) is 12.2. The molecule has 0 aliphatic rings. The summed E-state index contributed by atoms with van der Waals surface area (Å²) in [5, 5.41) is 0.345. The Kier molecular flexibility index (Phi) is 5.11. The number of aromatic amines is 1. The van der Waals surface area contributed by atoms with E-state index in [-0.39, 0.29) is 17.0 Å². The van der Waals surface area contributed by atoms with E-state index < -0.39 is 39.1 Å². The first-order chi connectivity index (χ1) is 13.0. The number of aromatic nitrogens is 1. The molecule has 11 heteroatoms. The summed E-state index contributed by atoms with van der Waals surface area (Å²) in [6.07, 6.45) is -4.04. The minimum Gasteiger partial charge on any atom is -0.360 e. The smallest absolute Gasteiger partial charge is 0.360 e. The summed E-state index contributed by atoms with van der Waals surface area (Å²) in [7, 11) is -4.41. The van der Waals surface area contributed by atoms with Crippen molar-refractivity contribution in [3.05, 3.63) is 70.9 Å². The standard InChI is InChI=1S/C17H10ClF5N2O2S/c18-12-4-2-1-3-10(12)15-5-9(8-24-15)28(26,27)25-16-7-13(19)11(6-14(16)20)17(21,22)23/h1-8,24-25H. The van der Waals surface area contributed by atoms with E-state index in [4.69, 9.17) is 11.6 Å². The van der Waals surface area contributed by atoms with Gasteiger partial charge in [0.05, 0.1) is 11.3 Å². The second-order valence-corrected chi connectivity index (χ2v) is 7.73. The molecule has 0 amide bonds. The van der Waals surface area contributed by atoms with Gasteiger partial charge in [-0.15, -0.1) is 0 Å². The maximum Gasteiger partial charge on any atom is 0.419 e. The molecule has 1 aromatic heterocycles. The van der Waals surface area contributed by atoms with Gasteiger partial charge >= 0.3 is 6.18 Å². The summed E-state index contributed by atoms with van der Waals surface area (Å²) in [5.74, 6) is -3.38. The zero-order chi connectivity index (χ0) is 20.7. The van der Waals surface area contributed by atoms with Crippen LogP contribution in [0.5, 0.6) is 0 Å². The maximum absolute atomic E-state index is 13.9. The molecule has 0 unspecified atom stereocenters. The Balaban J connectivity index is 1.93. The highest BCUT2D eigenvalue weighted by molar-refractivity contribution is 7.92. The van der Waals surface area contributed by atoms with Crippen LogP contribution >= 0.6 is 11.6 Å². The first-order valence-corrected chi connectivity index (χ1v) is 9.37. The predicted molar refractivity (Wildman–Crippen MR) is 93.4 cm³/mol. The summed E-state index contributed by atoms with van der Waals surface area (Å²) in [6.45, 7) is 0. The lowest BCUT2D eigenvalue weighted by Gasteiger charge is -2.12. The average molecular weight is 437 g/mol. The molecule has 0 fully saturated rings. The number of H-pyrrole nitrogens is 1. The molecule has 1 heterocycles. The number of rotatable bonds is 4. The summed E-state index contributed by atoms with van der Waals surface area (Å²) in [4.78, 5) is 2.34. The Morgan fingerprint density at radius 2 is 1.68 bits per heavy atom. The van der Waals surface area contributed by atoms with E-state index in [0.717, 1.165) is 6.20 Å². The summed E-state index contributed by atoms with van der Waals surface area (Å²) in [6, 6.07) is 7.79. The number of sulfonamides is 1. The number of halogens is 6. The Hall–Kier alpha value is -2.59. The van der Waals surface area contributed by atoms with E-state index in [2.05, 4.69) is 4.98 Å². The molecule has 0 aliphatic heterocycles. The molecule has 0 aliphatic carbocycles. The number of anilines is 1. The third kappa shape index (κ3) is 3.97. The highest BCUT2D eigenvalue weighted by atomic mass is 35.5. The predicted octanol–water partition coefficient (Wildman–Crippen LogP) is 5.43. The maximum atomic E-state index is 13.9. The SMILES string of the molecule is O=S(=O)(Nc1cc(F)c(C(F)(F)F)cc1F)c1c[nH]c(-c2ccccc2Cl)c1. The van der Waals surface area contributed by atoms with Gasteiger partial charge in [-0.3, -0.25) is 4.72 Å². The van der Waals surface area contributed by atoms with Crippen molar-refractivity contribution in [2.45, 2.75) is 11.1 Å². The van der Waals surface area contributed by atoms with E-state index >= 15 is 0 Å². The van der Waals surface area contributed by atoms with Gasteiger partial charge in [0.15, 0.2) is 0 Å². The van der Waals surface area contributed by atoms with Crippen molar-refractivity contribution < 1.29 is 30.4 Å². The summed E-state index contributed by atoms with van der Waals surface area (Å²) in [5.41, 5.74) is -1.95. The highest BCUT2D eigenvalue weighted by Gasteiger charge is 2.35. The molecule has 4 nitrogen and oxygen atoms in total. The first kappa shape index (κ1) is 20.2. The lowest BCUT2D eigenvalue weighted by molar-refractivity contribution is -0.140. The van der Waals surface area contributed by atoms with Gasteiger partial charge in [0.1, 0.15) is 16.5 Å². The van der Waals surface area contributed by atoms with Gasteiger partial charge in [0.2, 0.25) is 0 Å². The molecule has 0 saturated carbocycles. The molecule has 0 saturated heterocycles. The van der Waals surface area contributed by atoms with Gasteiger partial charge < -0.3 is 4.98 Å². The minimum atomic E-state index is -5.12. The van der Waals surface area contributed by atoms with Crippen LogP contribution < -0.4 is 4.72 Å². The zero-order valence-electron chi connectivity index (χ0n) is 13.6. The van der Waals surface area contributed by atoms with Crippen LogP contribution in [0.15, 0.2) is 53.6 Å². The molecule has 148 valence electrons. The van der Waals surface area contributed by atoms with Gasteiger partial charge in [0, 0.05) is 28.5 Å². The molecule has 0 atom stereocenters. The van der Waals surface area contributed by atoms with Gasteiger partial charge in [-0.1, -0.05) is 29.8 Å². The van der Waals surface area contributed by atoms with E-state index in [1.807, 2.05) is 0 Å². The second-order valence-electron chi connectivity index (χ2n) is 5.64. The van der Waals surface area contributed by atoms with Crippen molar-refractivity contribution in [1.29, 1.82) is 0 Å². The van der Waals surface area contributed by atoms with Crippen LogP contribution in [0, 0.1) is 11.6 Å². The quantitative estimate of drug-likeness (QED) is 0.535. The van der Waals surface area contributed by atoms with Crippen LogP contribution in [0.25, 0.3) is 11.3 Å². The van der Waals surface area contributed by atoms with Crippen molar-refractivity contribution in [3.63, 3.8) is 0 Å². The molecule has 0 radical (unpaired) electrons. The third-order valence-corrected chi connectivity index (χ3v) is 5.41. The molecule has 3 aromatic rings. The molecule has 2 N–H and O–H groups in total. The number of alkyl halides is 3. The largest absolute Gasteiger partial charge is 0.419 e. The Bertz CT molecular complexity index is 1140. The second kappa shape index (κ2) is 7.10. The van der Waals surface area contributed by atoms with E-state index in [1.165, 1.54) is 6.07 Å². The number of nitrogens with one attached hydrogen (secondary N) is 2. The number of benzene rings is 2. The van der Waals surface area contributed by atoms with Crippen LogP contribution in [0.4, 0.5) is 27.6 Å². The van der Waals surface area contributed by atoms with Gasteiger partial charge in [-0.05, 0) is 18.2 Å². The Labute approximate surface area is 161 Å². The van der Waals surface area contributed by atoms with E-state index in [9.17, 15) is 30.4 Å². The fourth-order valence-electron chi connectivity index (χ4n) is 2.41. The number of hydrogen-bond donors (Lipinski definition) is 2.